The molecular formula is C16H11N3O2. The lowest BCUT2D eigenvalue weighted by molar-refractivity contribution is 0.414. The average Bonchev–Trinajstić information content (AvgIpc) is 2.55. The summed E-state index contributed by atoms with van der Waals surface area (Å²) in [6.07, 6.45) is 4.96. The third kappa shape index (κ3) is 2.47. The molecule has 0 aliphatic carbocycles. The zero-order valence-corrected chi connectivity index (χ0v) is 11.3. The zero-order chi connectivity index (χ0) is 14.7. The van der Waals surface area contributed by atoms with Crippen LogP contribution in [0.5, 0.6) is 17.2 Å². The van der Waals surface area contributed by atoms with Gasteiger partial charge in [0.1, 0.15) is 23.3 Å². The van der Waals surface area contributed by atoms with Crippen molar-refractivity contribution >= 4 is 10.9 Å². The van der Waals surface area contributed by atoms with Gasteiger partial charge in [0.05, 0.1) is 24.4 Å². The first-order valence-corrected chi connectivity index (χ1v) is 6.26. The highest BCUT2D eigenvalue weighted by Gasteiger charge is 2.10. The lowest BCUT2D eigenvalue weighted by Gasteiger charge is -2.10. The Hall–Kier alpha value is -3.13. The molecule has 1 aromatic carbocycles. The van der Waals surface area contributed by atoms with E-state index >= 15 is 0 Å². The molecule has 0 fully saturated rings. The predicted molar refractivity (Wildman–Crippen MR) is 77.3 cm³/mol. The summed E-state index contributed by atoms with van der Waals surface area (Å²) in [6, 6.07) is 10.9. The fourth-order valence-corrected chi connectivity index (χ4v) is 2.03. The summed E-state index contributed by atoms with van der Waals surface area (Å²) in [6.45, 7) is 0. The summed E-state index contributed by atoms with van der Waals surface area (Å²) in [5.74, 6) is 1.74. The van der Waals surface area contributed by atoms with E-state index in [0.717, 1.165) is 5.39 Å². The van der Waals surface area contributed by atoms with Crippen LogP contribution in [0, 0.1) is 11.3 Å². The number of nitrogens with zero attached hydrogens (tertiary/aromatic N) is 3. The molecule has 0 aliphatic rings. The van der Waals surface area contributed by atoms with Crippen molar-refractivity contribution in [2.24, 2.45) is 0 Å². The number of aromatic nitrogens is 2. The minimum Gasteiger partial charge on any atom is -0.495 e. The van der Waals surface area contributed by atoms with Gasteiger partial charge in [-0.2, -0.15) is 5.26 Å². The number of methoxy groups -OCH3 is 1. The summed E-state index contributed by atoms with van der Waals surface area (Å²) >= 11 is 0. The third-order valence-electron chi connectivity index (χ3n) is 3.01. The molecule has 2 aromatic heterocycles. The minimum absolute atomic E-state index is 0.439. The van der Waals surface area contributed by atoms with Gasteiger partial charge in [-0.05, 0) is 24.3 Å². The van der Waals surface area contributed by atoms with Crippen molar-refractivity contribution in [3.8, 4) is 23.3 Å². The second kappa shape index (κ2) is 5.47. The number of benzene rings is 1. The molecule has 0 spiro atoms. The fraction of sp³-hybridized carbons (Fsp3) is 0.0625. The van der Waals surface area contributed by atoms with Crippen LogP contribution in [0.15, 0.2) is 48.9 Å². The van der Waals surface area contributed by atoms with E-state index in [4.69, 9.17) is 9.47 Å². The van der Waals surface area contributed by atoms with E-state index in [1.807, 2.05) is 6.07 Å². The summed E-state index contributed by atoms with van der Waals surface area (Å²) < 4.78 is 11.0. The first-order chi connectivity index (χ1) is 10.3. The van der Waals surface area contributed by atoms with Crippen molar-refractivity contribution in [1.82, 2.24) is 9.97 Å². The molecule has 0 saturated heterocycles. The molecule has 5 nitrogen and oxygen atoms in total. The smallest absolute Gasteiger partial charge is 0.145 e. The number of rotatable bonds is 3. The van der Waals surface area contributed by atoms with E-state index in [1.54, 1.807) is 42.9 Å². The number of hydrogen-bond donors (Lipinski definition) is 0. The lowest BCUT2D eigenvalue weighted by atomic mass is 10.1. The maximum atomic E-state index is 9.19. The monoisotopic (exact) mass is 277 g/mol. The Kier molecular flexibility index (Phi) is 3.36. The molecule has 0 atom stereocenters. The number of pyridine rings is 2. The molecule has 3 aromatic rings. The van der Waals surface area contributed by atoms with Crippen LogP contribution in [0.2, 0.25) is 0 Å². The molecule has 0 bridgehead atoms. The van der Waals surface area contributed by atoms with Crippen molar-refractivity contribution in [3.05, 3.63) is 54.5 Å². The molecule has 5 heteroatoms. The molecular weight excluding hydrogens is 266 g/mol. The average molecular weight is 277 g/mol. The second-order valence-corrected chi connectivity index (χ2v) is 4.28. The Morgan fingerprint density at radius 1 is 1.14 bits per heavy atom. The number of ether oxygens (including phenoxy) is 2. The van der Waals surface area contributed by atoms with Crippen LogP contribution in [-0.4, -0.2) is 17.1 Å². The topological polar surface area (TPSA) is 68.0 Å². The number of nitriles is 1. The van der Waals surface area contributed by atoms with Gasteiger partial charge in [0, 0.05) is 23.8 Å². The molecule has 0 unspecified atom stereocenters. The SMILES string of the molecule is COc1cc2nccc(Oc3cccnc3)c2cc1C#N. The number of fused-ring (bicyclic) bond motifs is 1. The summed E-state index contributed by atoms with van der Waals surface area (Å²) in [7, 11) is 1.53. The first kappa shape index (κ1) is 12.9. The summed E-state index contributed by atoms with van der Waals surface area (Å²) in [4.78, 5) is 8.29. The highest BCUT2D eigenvalue weighted by Crippen LogP contribution is 2.32. The summed E-state index contributed by atoms with van der Waals surface area (Å²) in [5.41, 5.74) is 1.14. The predicted octanol–water partition coefficient (Wildman–Crippen LogP) is 3.30. The van der Waals surface area contributed by atoms with E-state index in [-0.39, 0.29) is 0 Å². The van der Waals surface area contributed by atoms with Gasteiger partial charge in [-0.1, -0.05) is 0 Å². The van der Waals surface area contributed by atoms with Gasteiger partial charge in [0.15, 0.2) is 0 Å². The van der Waals surface area contributed by atoms with Gasteiger partial charge in [0.2, 0.25) is 0 Å². The van der Waals surface area contributed by atoms with Crippen LogP contribution in [-0.2, 0) is 0 Å². The fourth-order valence-electron chi connectivity index (χ4n) is 2.03. The van der Waals surface area contributed by atoms with E-state index < -0.39 is 0 Å². The Balaban J connectivity index is 2.13. The zero-order valence-electron chi connectivity index (χ0n) is 11.3. The van der Waals surface area contributed by atoms with Crippen molar-refractivity contribution in [2.45, 2.75) is 0 Å². The minimum atomic E-state index is 0.439. The van der Waals surface area contributed by atoms with Crippen LogP contribution in [0.4, 0.5) is 0 Å². The molecule has 3 rings (SSSR count). The standard InChI is InChI=1S/C16H11N3O2/c1-20-16-8-14-13(7-11(16)9-17)15(4-6-19-14)21-12-3-2-5-18-10-12/h2-8,10H,1H3. The highest BCUT2D eigenvalue weighted by molar-refractivity contribution is 5.88. The van der Waals surface area contributed by atoms with Gasteiger partial charge in [-0.25, -0.2) is 0 Å². The Bertz CT molecular complexity index is 826. The molecule has 2 heterocycles. The molecule has 0 amide bonds. The van der Waals surface area contributed by atoms with E-state index in [9.17, 15) is 5.26 Å². The molecule has 102 valence electrons. The largest absolute Gasteiger partial charge is 0.495 e. The molecule has 0 N–H and O–H groups in total. The Morgan fingerprint density at radius 3 is 2.76 bits per heavy atom. The highest BCUT2D eigenvalue weighted by atomic mass is 16.5. The first-order valence-electron chi connectivity index (χ1n) is 6.26. The van der Waals surface area contributed by atoms with Crippen LogP contribution in [0.25, 0.3) is 10.9 Å². The molecule has 21 heavy (non-hydrogen) atoms. The molecule has 0 radical (unpaired) electrons. The van der Waals surface area contributed by atoms with Gasteiger partial charge in [0.25, 0.3) is 0 Å². The van der Waals surface area contributed by atoms with E-state index in [2.05, 4.69) is 16.0 Å². The van der Waals surface area contributed by atoms with Crippen molar-refractivity contribution < 1.29 is 9.47 Å². The van der Waals surface area contributed by atoms with Crippen LogP contribution in [0.3, 0.4) is 0 Å². The van der Waals surface area contributed by atoms with Gasteiger partial charge >= 0.3 is 0 Å². The van der Waals surface area contributed by atoms with Crippen LogP contribution >= 0.6 is 0 Å². The lowest BCUT2D eigenvalue weighted by Crippen LogP contribution is -1.92. The van der Waals surface area contributed by atoms with Crippen molar-refractivity contribution in [1.29, 1.82) is 5.26 Å². The second-order valence-electron chi connectivity index (χ2n) is 4.28. The van der Waals surface area contributed by atoms with Crippen molar-refractivity contribution in [3.63, 3.8) is 0 Å². The van der Waals surface area contributed by atoms with Gasteiger partial charge in [-0.3, -0.25) is 9.97 Å². The quantitative estimate of drug-likeness (QED) is 0.734. The van der Waals surface area contributed by atoms with E-state index in [0.29, 0.717) is 28.3 Å². The maximum Gasteiger partial charge on any atom is 0.145 e. The van der Waals surface area contributed by atoms with Crippen LogP contribution < -0.4 is 9.47 Å². The van der Waals surface area contributed by atoms with Crippen LogP contribution in [0.1, 0.15) is 5.56 Å². The Labute approximate surface area is 121 Å². The third-order valence-corrected chi connectivity index (χ3v) is 3.01. The van der Waals surface area contributed by atoms with Crippen molar-refractivity contribution in [2.75, 3.05) is 7.11 Å². The molecule has 0 saturated carbocycles. The van der Waals surface area contributed by atoms with E-state index in [1.165, 1.54) is 7.11 Å². The number of hydrogen-bond acceptors (Lipinski definition) is 5. The van der Waals surface area contributed by atoms with Gasteiger partial charge in [-0.15, -0.1) is 0 Å². The molecule has 0 aliphatic heterocycles. The maximum absolute atomic E-state index is 9.19. The normalized spacial score (nSPS) is 10.1. The Morgan fingerprint density at radius 2 is 2.05 bits per heavy atom. The summed E-state index contributed by atoms with van der Waals surface area (Å²) in [5, 5.41) is 9.94. The van der Waals surface area contributed by atoms with Gasteiger partial charge < -0.3 is 9.47 Å².